The SMILES string of the molecule is O=C(NCC1CCCCN1S(=O)(=O)Cc1ccccc1)Nc1ccccc1. The minimum absolute atomic E-state index is 0.0133. The molecule has 1 unspecified atom stereocenters. The molecule has 1 fully saturated rings. The second kappa shape index (κ2) is 9.01. The number of carbonyl (C=O) groups is 1. The maximum atomic E-state index is 12.9. The predicted octanol–water partition coefficient (Wildman–Crippen LogP) is 3.19. The van der Waals surface area contributed by atoms with Gasteiger partial charge in [-0.25, -0.2) is 13.2 Å². The van der Waals surface area contributed by atoms with E-state index in [1.165, 1.54) is 0 Å². The van der Waals surface area contributed by atoms with Crippen LogP contribution in [-0.4, -0.2) is 37.9 Å². The minimum Gasteiger partial charge on any atom is -0.336 e. The van der Waals surface area contributed by atoms with Crippen molar-refractivity contribution < 1.29 is 13.2 Å². The summed E-state index contributed by atoms with van der Waals surface area (Å²) in [4.78, 5) is 12.1. The van der Waals surface area contributed by atoms with Gasteiger partial charge in [0, 0.05) is 24.8 Å². The summed E-state index contributed by atoms with van der Waals surface area (Å²) in [6, 6.07) is 17.8. The molecule has 0 saturated carbocycles. The van der Waals surface area contributed by atoms with Crippen LogP contribution in [0.5, 0.6) is 0 Å². The highest BCUT2D eigenvalue weighted by Crippen LogP contribution is 2.22. The quantitative estimate of drug-likeness (QED) is 0.799. The van der Waals surface area contributed by atoms with Crippen LogP contribution in [0.1, 0.15) is 24.8 Å². The Hall–Kier alpha value is -2.38. The normalized spacial score (nSPS) is 18.0. The minimum atomic E-state index is -3.43. The Morgan fingerprint density at radius 2 is 1.67 bits per heavy atom. The van der Waals surface area contributed by atoms with Crippen molar-refractivity contribution in [3.05, 3.63) is 66.2 Å². The van der Waals surface area contributed by atoms with Gasteiger partial charge in [-0.2, -0.15) is 4.31 Å². The number of sulfonamides is 1. The number of nitrogens with zero attached hydrogens (tertiary/aromatic N) is 1. The van der Waals surface area contributed by atoms with Crippen molar-refractivity contribution in [1.82, 2.24) is 9.62 Å². The maximum absolute atomic E-state index is 12.9. The highest BCUT2D eigenvalue weighted by molar-refractivity contribution is 7.88. The van der Waals surface area contributed by atoms with E-state index in [-0.39, 0.29) is 17.8 Å². The molecule has 2 aromatic carbocycles. The van der Waals surface area contributed by atoms with Gasteiger partial charge in [-0.1, -0.05) is 55.0 Å². The van der Waals surface area contributed by atoms with Gasteiger partial charge in [0.05, 0.1) is 5.75 Å². The van der Waals surface area contributed by atoms with Gasteiger partial charge in [0.25, 0.3) is 0 Å². The highest BCUT2D eigenvalue weighted by Gasteiger charge is 2.32. The third kappa shape index (κ3) is 5.55. The monoisotopic (exact) mass is 387 g/mol. The predicted molar refractivity (Wildman–Crippen MR) is 107 cm³/mol. The van der Waals surface area contributed by atoms with Crippen LogP contribution in [0, 0.1) is 0 Å². The molecule has 2 N–H and O–H groups in total. The van der Waals surface area contributed by atoms with Gasteiger partial charge in [-0.15, -0.1) is 0 Å². The van der Waals surface area contributed by atoms with Crippen molar-refractivity contribution in [1.29, 1.82) is 0 Å². The van der Waals surface area contributed by atoms with Gasteiger partial charge < -0.3 is 10.6 Å². The van der Waals surface area contributed by atoms with Gasteiger partial charge in [-0.3, -0.25) is 0 Å². The lowest BCUT2D eigenvalue weighted by atomic mass is 10.1. The van der Waals surface area contributed by atoms with E-state index in [9.17, 15) is 13.2 Å². The first-order valence-corrected chi connectivity index (χ1v) is 10.8. The fourth-order valence-corrected chi connectivity index (χ4v) is 5.14. The number of para-hydroxylation sites is 1. The summed E-state index contributed by atoms with van der Waals surface area (Å²) < 4.78 is 27.4. The second-order valence-corrected chi connectivity index (χ2v) is 8.62. The molecule has 0 aliphatic carbocycles. The zero-order chi connectivity index (χ0) is 19.1. The van der Waals surface area contributed by atoms with E-state index in [1.54, 1.807) is 16.4 Å². The Balaban J connectivity index is 1.60. The lowest BCUT2D eigenvalue weighted by Crippen LogP contribution is -2.50. The van der Waals surface area contributed by atoms with Crippen LogP contribution in [0.4, 0.5) is 10.5 Å². The van der Waals surface area contributed by atoms with Crippen LogP contribution >= 0.6 is 0 Å². The van der Waals surface area contributed by atoms with Crippen LogP contribution in [0.15, 0.2) is 60.7 Å². The number of amides is 2. The molecule has 2 aromatic rings. The number of carbonyl (C=O) groups excluding carboxylic acids is 1. The lowest BCUT2D eigenvalue weighted by Gasteiger charge is -2.34. The van der Waals surface area contributed by atoms with Crippen LogP contribution < -0.4 is 10.6 Å². The summed E-state index contributed by atoms with van der Waals surface area (Å²) in [6.07, 6.45) is 2.56. The molecule has 0 spiro atoms. The maximum Gasteiger partial charge on any atom is 0.319 e. The van der Waals surface area contributed by atoms with Crippen LogP contribution in [0.3, 0.4) is 0 Å². The molecule has 1 aliphatic heterocycles. The number of benzene rings is 2. The van der Waals surface area contributed by atoms with Crippen molar-refractivity contribution in [2.75, 3.05) is 18.4 Å². The van der Waals surface area contributed by atoms with Crippen molar-refractivity contribution >= 4 is 21.7 Å². The number of urea groups is 1. The molecule has 0 bridgehead atoms. The van der Waals surface area contributed by atoms with Gasteiger partial charge in [0.1, 0.15) is 0 Å². The number of anilines is 1. The summed E-state index contributed by atoms with van der Waals surface area (Å²) in [7, 11) is -3.43. The number of nitrogens with one attached hydrogen (secondary N) is 2. The van der Waals surface area contributed by atoms with Gasteiger partial charge in [-0.05, 0) is 30.5 Å². The first-order valence-electron chi connectivity index (χ1n) is 9.18. The van der Waals surface area contributed by atoms with Crippen molar-refractivity contribution in [3.63, 3.8) is 0 Å². The molecule has 1 saturated heterocycles. The standard InChI is InChI=1S/C20H25N3O3S/c24-20(22-18-11-5-2-6-12-18)21-15-19-13-7-8-14-23(19)27(25,26)16-17-9-3-1-4-10-17/h1-6,9-12,19H,7-8,13-16H2,(H2,21,22,24). The zero-order valence-electron chi connectivity index (χ0n) is 15.2. The highest BCUT2D eigenvalue weighted by atomic mass is 32.2. The van der Waals surface area contributed by atoms with Crippen molar-refractivity contribution in [2.24, 2.45) is 0 Å². The van der Waals surface area contributed by atoms with Gasteiger partial charge in [0.15, 0.2) is 0 Å². The van der Waals surface area contributed by atoms with Gasteiger partial charge in [0.2, 0.25) is 10.0 Å². The van der Waals surface area contributed by atoms with E-state index in [2.05, 4.69) is 10.6 Å². The van der Waals surface area contributed by atoms with E-state index in [0.29, 0.717) is 18.8 Å². The van der Waals surface area contributed by atoms with E-state index >= 15 is 0 Å². The average molecular weight is 388 g/mol. The van der Waals surface area contributed by atoms with Crippen molar-refractivity contribution in [2.45, 2.75) is 31.1 Å². The Kier molecular flexibility index (Phi) is 6.47. The second-order valence-electron chi connectivity index (χ2n) is 6.70. The molecule has 0 radical (unpaired) electrons. The van der Waals surface area contributed by atoms with Gasteiger partial charge >= 0.3 is 6.03 Å². The fraction of sp³-hybridized carbons (Fsp3) is 0.350. The zero-order valence-corrected chi connectivity index (χ0v) is 16.0. The van der Waals surface area contributed by atoms with Crippen molar-refractivity contribution in [3.8, 4) is 0 Å². The number of hydrogen-bond donors (Lipinski definition) is 2. The Morgan fingerprint density at radius 3 is 2.37 bits per heavy atom. The van der Waals surface area contributed by atoms with E-state index in [1.807, 2.05) is 48.5 Å². The first-order chi connectivity index (χ1) is 13.0. The van der Waals surface area contributed by atoms with E-state index < -0.39 is 10.0 Å². The molecular formula is C20H25N3O3S. The summed E-state index contributed by atoms with van der Waals surface area (Å²) in [6.45, 7) is 0.800. The molecule has 2 amide bonds. The summed E-state index contributed by atoms with van der Waals surface area (Å²) >= 11 is 0. The number of piperidine rings is 1. The fourth-order valence-electron chi connectivity index (χ4n) is 3.32. The summed E-state index contributed by atoms with van der Waals surface area (Å²) in [5.41, 5.74) is 1.48. The Morgan fingerprint density at radius 1 is 1.00 bits per heavy atom. The van der Waals surface area contributed by atoms with Crippen LogP contribution in [0.2, 0.25) is 0 Å². The van der Waals surface area contributed by atoms with E-state index in [4.69, 9.17) is 0 Å². The molecule has 0 aromatic heterocycles. The smallest absolute Gasteiger partial charge is 0.319 e. The molecule has 27 heavy (non-hydrogen) atoms. The van der Waals surface area contributed by atoms with E-state index in [0.717, 1.165) is 24.8 Å². The molecule has 1 aliphatic rings. The Labute approximate surface area is 160 Å². The molecule has 144 valence electrons. The first kappa shape index (κ1) is 19.4. The largest absolute Gasteiger partial charge is 0.336 e. The lowest BCUT2D eigenvalue weighted by molar-refractivity contribution is 0.231. The molecule has 3 rings (SSSR count). The average Bonchev–Trinajstić information content (AvgIpc) is 2.68. The molecule has 6 nitrogen and oxygen atoms in total. The van der Waals surface area contributed by atoms with Crippen LogP contribution in [0.25, 0.3) is 0 Å². The molecular weight excluding hydrogens is 362 g/mol. The number of hydrogen-bond acceptors (Lipinski definition) is 3. The summed E-state index contributed by atoms with van der Waals surface area (Å²) in [5, 5.41) is 5.57. The Bertz CT molecular complexity index is 841. The number of rotatable bonds is 6. The molecule has 1 heterocycles. The topological polar surface area (TPSA) is 78.5 Å². The molecule has 7 heteroatoms. The van der Waals surface area contributed by atoms with Crippen LogP contribution in [-0.2, 0) is 15.8 Å². The molecule has 1 atom stereocenters. The third-order valence-corrected chi connectivity index (χ3v) is 6.55. The third-order valence-electron chi connectivity index (χ3n) is 4.65. The summed E-state index contributed by atoms with van der Waals surface area (Å²) in [5.74, 6) is -0.0133.